The number of nitrogens with zero attached hydrogens (tertiary/aromatic N) is 1. The third kappa shape index (κ3) is 3.71. The molecule has 1 heterocycles. The van der Waals surface area contributed by atoms with Gasteiger partial charge in [-0.15, -0.1) is 0 Å². The van der Waals surface area contributed by atoms with E-state index in [-0.39, 0.29) is 12.0 Å². The number of hydrogen-bond donors (Lipinski definition) is 1. The number of piperidine rings is 1. The lowest BCUT2D eigenvalue weighted by atomic mass is 10.1. The number of rotatable bonds is 5. The van der Waals surface area contributed by atoms with Gasteiger partial charge in [0.1, 0.15) is 5.75 Å². The van der Waals surface area contributed by atoms with Crippen molar-refractivity contribution in [1.82, 2.24) is 4.90 Å². The Labute approximate surface area is 119 Å². The van der Waals surface area contributed by atoms with Crippen LogP contribution < -0.4 is 10.5 Å². The third-order valence-electron chi connectivity index (χ3n) is 3.54. The summed E-state index contributed by atoms with van der Waals surface area (Å²) in [5.41, 5.74) is 6.12. The summed E-state index contributed by atoms with van der Waals surface area (Å²) in [5, 5.41) is 0. The summed E-state index contributed by atoms with van der Waals surface area (Å²) in [5.74, 6) is 0.834. The van der Waals surface area contributed by atoms with Crippen LogP contribution in [0.5, 0.6) is 5.75 Å². The zero-order valence-electron chi connectivity index (χ0n) is 11.9. The fourth-order valence-corrected chi connectivity index (χ4v) is 2.38. The highest BCUT2D eigenvalue weighted by molar-refractivity contribution is 5.94. The topological polar surface area (TPSA) is 64.8 Å². The van der Waals surface area contributed by atoms with Crippen LogP contribution >= 0.6 is 0 Å². The highest BCUT2D eigenvalue weighted by Gasteiger charge is 2.23. The average molecular weight is 278 g/mol. The molecule has 0 unspecified atom stereocenters. The quantitative estimate of drug-likeness (QED) is 0.881. The van der Waals surface area contributed by atoms with E-state index in [4.69, 9.17) is 15.2 Å². The molecule has 110 valence electrons. The predicted molar refractivity (Wildman–Crippen MR) is 76.9 cm³/mol. The monoisotopic (exact) mass is 278 g/mol. The number of likely N-dealkylation sites (tertiary alicyclic amines) is 1. The van der Waals surface area contributed by atoms with Gasteiger partial charge >= 0.3 is 0 Å². The highest BCUT2D eigenvalue weighted by Crippen LogP contribution is 2.18. The molecule has 2 N–H and O–H groups in total. The van der Waals surface area contributed by atoms with Crippen LogP contribution in [0.3, 0.4) is 0 Å². The zero-order chi connectivity index (χ0) is 14.4. The lowest BCUT2D eigenvalue weighted by Gasteiger charge is -2.32. The predicted octanol–water partition coefficient (Wildman–Crippen LogP) is 1.28. The van der Waals surface area contributed by atoms with Crippen LogP contribution in [0.4, 0.5) is 0 Å². The van der Waals surface area contributed by atoms with Crippen LogP contribution in [0.25, 0.3) is 0 Å². The van der Waals surface area contributed by atoms with Gasteiger partial charge in [-0.2, -0.15) is 0 Å². The second-order valence-electron chi connectivity index (χ2n) is 4.88. The summed E-state index contributed by atoms with van der Waals surface area (Å²) in [7, 11) is 1.61. The first-order valence-electron chi connectivity index (χ1n) is 6.99. The van der Waals surface area contributed by atoms with E-state index < -0.39 is 0 Å². The van der Waals surface area contributed by atoms with Crippen LogP contribution in [-0.4, -0.2) is 50.3 Å². The number of hydrogen-bond acceptors (Lipinski definition) is 4. The third-order valence-corrected chi connectivity index (χ3v) is 3.54. The molecule has 1 aromatic rings. The molecule has 0 atom stereocenters. The lowest BCUT2D eigenvalue weighted by molar-refractivity contribution is 0.0122. The number of nitrogens with two attached hydrogens (primary N) is 1. The van der Waals surface area contributed by atoms with Crippen molar-refractivity contribution < 1.29 is 14.3 Å². The maximum atomic E-state index is 12.3. The molecule has 1 amide bonds. The van der Waals surface area contributed by atoms with Gasteiger partial charge in [-0.3, -0.25) is 4.79 Å². The molecule has 0 saturated carbocycles. The maximum Gasteiger partial charge on any atom is 0.253 e. The summed E-state index contributed by atoms with van der Waals surface area (Å²) in [6.07, 6.45) is 1.99. The van der Waals surface area contributed by atoms with E-state index in [0.717, 1.165) is 31.7 Å². The Morgan fingerprint density at radius 2 is 1.95 bits per heavy atom. The van der Waals surface area contributed by atoms with Gasteiger partial charge in [0, 0.05) is 25.2 Å². The van der Waals surface area contributed by atoms with Crippen molar-refractivity contribution in [2.45, 2.75) is 18.9 Å². The van der Waals surface area contributed by atoms with Crippen LogP contribution in [0, 0.1) is 0 Å². The van der Waals surface area contributed by atoms with E-state index >= 15 is 0 Å². The van der Waals surface area contributed by atoms with E-state index in [1.54, 1.807) is 19.2 Å². The minimum atomic E-state index is 0.0740. The molecular weight excluding hydrogens is 256 g/mol. The molecule has 0 radical (unpaired) electrons. The summed E-state index contributed by atoms with van der Waals surface area (Å²) in [6.45, 7) is 2.61. The van der Waals surface area contributed by atoms with Crippen LogP contribution in [0.1, 0.15) is 23.2 Å². The number of benzene rings is 1. The van der Waals surface area contributed by atoms with Gasteiger partial charge in [0.15, 0.2) is 0 Å². The van der Waals surface area contributed by atoms with E-state index in [1.165, 1.54) is 0 Å². The Balaban J connectivity index is 1.87. The van der Waals surface area contributed by atoms with Gasteiger partial charge in [-0.05, 0) is 37.1 Å². The average Bonchev–Trinajstić information content (AvgIpc) is 2.53. The largest absolute Gasteiger partial charge is 0.497 e. The number of methoxy groups -OCH3 is 1. The summed E-state index contributed by atoms with van der Waals surface area (Å²) < 4.78 is 10.7. The molecule has 1 aliphatic rings. The minimum Gasteiger partial charge on any atom is -0.497 e. The van der Waals surface area contributed by atoms with Gasteiger partial charge in [0.25, 0.3) is 5.91 Å². The van der Waals surface area contributed by atoms with Gasteiger partial charge in [-0.1, -0.05) is 0 Å². The van der Waals surface area contributed by atoms with E-state index in [0.29, 0.717) is 18.7 Å². The van der Waals surface area contributed by atoms with Crippen LogP contribution in [-0.2, 0) is 4.74 Å². The lowest BCUT2D eigenvalue weighted by Crippen LogP contribution is -2.41. The summed E-state index contributed by atoms with van der Waals surface area (Å²) >= 11 is 0. The summed E-state index contributed by atoms with van der Waals surface area (Å²) in [6, 6.07) is 7.23. The van der Waals surface area contributed by atoms with Crippen molar-refractivity contribution >= 4 is 5.91 Å². The molecule has 0 aliphatic carbocycles. The molecule has 1 fully saturated rings. The molecule has 0 bridgehead atoms. The van der Waals surface area contributed by atoms with E-state index in [2.05, 4.69) is 0 Å². The first kappa shape index (κ1) is 14.8. The Kier molecular flexibility index (Phi) is 5.38. The van der Waals surface area contributed by atoms with Crippen molar-refractivity contribution in [2.75, 3.05) is 33.4 Å². The van der Waals surface area contributed by atoms with Crippen molar-refractivity contribution in [2.24, 2.45) is 5.73 Å². The molecule has 20 heavy (non-hydrogen) atoms. The standard InChI is InChI=1S/C15H22N2O3/c1-19-13-4-2-12(3-5-13)15(18)17-9-6-14(7-10-17)20-11-8-16/h2-5,14H,6-11,16H2,1H3. The second-order valence-corrected chi connectivity index (χ2v) is 4.88. The smallest absolute Gasteiger partial charge is 0.253 e. The molecule has 0 aromatic heterocycles. The summed E-state index contributed by atoms with van der Waals surface area (Å²) in [4.78, 5) is 14.2. The minimum absolute atomic E-state index is 0.0740. The van der Waals surface area contributed by atoms with Crippen molar-refractivity contribution in [3.8, 4) is 5.75 Å². The molecule has 2 rings (SSSR count). The Hall–Kier alpha value is -1.59. The number of amides is 1. The number of carbonyl (C=O) groups is 1. The molecule has 5 nitrogen and oxygen atoms in total. The van der Waals surface area contributed by atoms with Crippen LogP contribution in [0.15, 0.2) is 24.3 Å². The van der Waals surface area contributed by atoms with Gasteiger partial charge in [-0.25, -0.2) is 0 Å². The number of ether oxygens (including phenoxy) is 2. The van der Waals surface area contributed by atoms with Gasteiger partial charge < -0.3 is 20.1 Å². The van der Waals surface area contributed by atoms with E-state index in [1.807, 2.05) is 17.0 Å². The fraction of sp³-hybridized carbons (Fsp3) is 0.533. The fourth-order valence-electron chi connectivity index (χ4n) is 2.38. The maximum absolute atomic E-state index is 12.3. The second kappa shape index (κ2) is 7.26. The molecule has 5 heteroatoms. The normalized spacial score (nSPS) is 16.2. The van der Waals surface area contributed by atoms with Crippen LogP contribution in [0.2, 0.25) is 0 Å². The molecular formula is C15H22N2O3. The first-order valence-corrected chi connectivity index (χ1v) is 6.99. The number of carbonyl (C=O) groups excluding carboxylic acids is 1. The molecule has 0 spiro atoms. The molecule has 1 aliphatic heterocycles. The highest BCUT2D eigenvalue weighted by atomic mass is 16.5. The van der Waals surface area contributed by atoms with Gasteiger partial charge in [0.2, 0.25) is 0 Å². The zero-order valence-corrected chi connectivity index (χ0v) is 11.9. The Morgan fingerprint density at radius 1 is 1.30 bits per heavy atom. The SMILES string of the molecule is COc1ccc(C(=O)N2CCC(OCCN)CC2)cc1. The van der Waals surface area contributed by atoms with Crippen molar-refractivity contribution in [3.05, 3.63) is 29.8 Å². The first-order chi connectivity index (χ1) is 9.74. The molecule has 1 saturated heterocycles. The Morgan fingerprint density at radius 3 is 2.50 bits per heavy atom. The van der Waals surface area contributed by atoms with E-state index in [9.17, 15) is 4.79 Å². The van der Waals surface area contributed by atoms with Gasteiger partial charge in [0.05, 0.1) is 19.8 Å². The Bertz CT molecular complexity index is 425. The van der Waals surface area contributed by atoms with Crippen molar-refractivity contribution in [1.29, 1.82) is 0 Å². The molecule has 1 aromatic carbocycles. The van der Waals surface area contributed by atoms with Crippen molar-refractivity contribution in [3.63, 3.8) is 0 Å².